The number of esters is 1. The van der Waals surface area contributed by atoms with Crippen molar-refractivity contribution < 1.29 is 28.2 Å². The van der Waals surface area contributed by atoms with Gasteiger partial charge in [-0.3, -0.25) is 14.4 Å². The Labute approximate surface area is 225 Å². The molecule has 5 rings (SSSR count). The van der Waals surface area contributed by atoms with E-state index in [-0.39, 0.29) is 52.6 Å². The van der Waals surface area contributed by atoms with Crippen molar-refractivity contribution in [3.63, 3.8) is 0 Å². The summed E-state index contributed by atoms with van der Waals surface area (Å²) >= 11 is 1.02. The molecule has 0 saturated carbocycles. The van der Waals surface area contributed by atoms with E-state index in [9.17, 15) is 23.6 Å². The fourth-order valence-corrected chi connectivity index (χ4v) is 5.40. The first-order valence-electron chi connectivity index (χ1n) is 12.0. The molecule has 1 atom stereocenters. The van der Waals surface area contributed by atoms with Crippen LogP contribution in [0, 0.1) is 11.7 Å². The quantitative estimate of drug-likeness (QED) is 0.348. The molecule has 10 nitrogen and oxygen atoms in total. The molecular weight excluding hydrogens is 527 g/mol. The maximum Gasteiger partial charge on any atom is 0.359 e. The van der Waals surface area contributed by atoms with Crippen LogP contribution in [0.25, 0.3) is 16.5 Å². The lowest BCUT2D eigenvalue weighted by Crippen LogP contribution is -2.29. The number of aromatic nitrogens is 2. The van der Waals surface area contributed by atoms with Crippen LogP contribution >= 0.6 is 11.3 Å². The van der Waals surface area contributed by atoms with Crippen LogP contribution in [0.5, 0.6) is 5.75 Å². The van der Waals surface area contributed by atoms with Gasteiger partial charge in [0.1, 0.15) is 22.3 Å². The van der Waals surface area contributed by atoms with E-state index in [4.69, 9.17) is 9.47 Å². The van der Waals surface area contributed by atoms with Gasteiger partial charge in [0.15, 0.2) is 5.69 Å². The van der Waals surface area contributed by atoms with Crippen molar-refractivity contribution in [2.24, 2.45) is 5.92 Å². The molecule has 1 fully saturated rings. The van der Waals surface area contributed by atoms with E-state index in [1.807, 2.05) is 0 Å². The minimum absolute atomic E-state index is 0.0134. The van der Waals surface area contributed by atoms with Crippen LogP contribution < -0.4 is 20.5 Å². The van der Waals surface area contributed by atoms with Crippen molar-refractivity contribution in [2.75, 3.05) is 30.5 Å². The maximum atomic E-state index is 14.6. The number of rotatable bonds is 7. The number of anilines is 2. The fraction of sp³-hybridized carbons (Fsp3) is 0.222. The second-order valence-electron chi connectivity index (χ2n) is 8.66. The smallest absolute Gasteiger partial charge is 0.359 e. The number of benzene rings is 2. The van der Waals surface area contributed by atoms with Gasteiger partial charge in [0, 0.05) is 23.7 Å². The van der Waals surface area contributed by atoms with Crippen LogP contribution in [0.2, 0.25) is 0 Å². The highest BCUT2D eigenvalue weighted by Gasteiger charge is 2.37. The summed E-state index contributed by atoms with van der Waals surface area (Å²) in [5.41, 5.74) is -0.519. The van der Waals surface area contributed by atoms with Crippen LogP contribution in [-0.4, -0.2) is 47.8 Å². The summed E-state index contributed by atoms with van der Waals surface area (Å²) in [4.78, 5) is 53.8. The number of methoxy groups -OCH3 is 1. The lowest BCUT2D eigenvalue weighted by Gasteiger charge is -2.19. The Kier molecular flexibility index (Phi) is 7.11. The molecule has 1 saturated heterocycles. The summed E-state index contributed by atoms with van der Waals surface area (Å²) in [5, 5.41) is 8.68. The van der Waals surface area contributed by atoms with E-state index < -0.39 is 29.2 Å². The predicted molar refractivity (Wildman–Crippen MR) is 143 cm³/mol. The largest absolute Gasteiger partial charge is 0.495 e. The van der Waals surface area contributed by atoms with Gasteiger partial charge in [-0.2, -0.15) is 9.78 Å². The Morgan fingerprint density at radius 3 is 2.56 bits per heavy atom. The van der Waals surface area contributed by atoms with E-state index in [1.54, 1.807) is 31.2 Å². The van der Waals surface area contributed by atoms with E-state index in [2.05, 4.69) is 10.4 Å². The normalized spacial score (nSPS) is 15.0. The number of thiophene rings is 1. The van der Waals surface area contributed by atoms with E-state index in [0.29, 0.717) is 11.4 Å². The highest BCUT2D eigenvalue weighted by molar-refractivity contribution is 7.16. The third-order valence-electron chi connectivity index (χ3n) is 6.31. The summed E-state index contributed by atoms with van der Waals surface area (Å²) in [6, 6.07) is 12.5. The van der Waals surface area contributed by atoms with Crippen LogP contribution in [0.4, 0.5) is 15.1 Å². The number of nitrogens with one attached hydrogen (secondary N) is 1. The van der Waals surface area contributed by atoms with Gasteiger partial charge in [0.2, 0.25) is 11.8 Å². The second-order valence-corrected chi connectivity index (χ2v) is 9.54. The average Bonchev–Trinajstić information content (AvgIpc) is 3.53. The molecule has 2 aromatic heterocycles. The van der Waals surface area contributed by atoms with Crippen molar-refractivity contribution in [3.8, 4) is 11.4 Å². The number of para-hydroxylation sites is 3. The van der Waals surface area contributed by atoms with Crippen molar-refractivity contribution in [3.05, 3.63) is 75.8 Å². The molecule has 200 valence electrons. The third-order valence-corrected chi connectivity index (χ3v) is 7.21. The number of carbonyl (C=O) groups excluding carboxylic acids is 3. The van der Waals surface area contributed by atoms with Gasteiger partial charge >= 0.3 is 5.97 Å². The summed E-state index contributed by atoms with van der Waals surface area (Å²) in [6.07, 6.45) is -0.0394. The molecule has 2 amide bonds. The van der Waals surface area contributed by atoms with Crippen molar-refractivity contribution in [2.45, 2.75) is 13.3 Å². The van der Waals surface area contributed by atoms with E-state index in [0.717, 1.165) is 16.0 Å². The average molecular weight is 551 g/mol. The lowest BCUT2D eigenvalue weighted by atomic mass is 10.1. The molecular formula is C27H23FN4O6S. The molecule has 3 heterocycles. The first-order valence-corrected chi connectivity index (χ1v) is 12.9. The monoisotopic (exact) mass is 550 g/mol. The minimum atomic E-state index is -0.794. The van der Waals surface area contributed by atoms with E-state index >= 15 is 0 Å². The minimum Gasteiger partial charge on any atom is -0.495 e. The molecule has 0 radical (unpaired) electrons. The Bertz CT molecular complexity index is 1670. The lowest BCUT2D eigenvalue weighted by molar-refractivity contribution is -0.122. The Morgan fingerprint density at radius 1 is 1.13 bits per heavy atom. The molecule has 0 spiro atoms. The van der Waals surface area contributed by atoms with Crippen LogP contribution in [0.15, 0.2) is 58.7 Å². The summed E-state index contributed by atoms with van der Waals surface area (Å²) in [5.74, 6) is -2.44. The molecule has 2 aromatic carbocycles. The zero-order valence-electron chi connectivity index (χ0n) is 21.0. The summed E-state index contributed by atoms with van der Waals surface area (Å²) in [6.45, 7) is 1.80. The summed E-state index contributed by atoms with van der Waals surface area (Å²) in [7, 11) is 1.50. The zero-order chi connectivity index (χ0) is 27.7. The highest BCUT2D eigenvalue weighted by atomic mass is 32.1. The number of hydrogen-bond acceptors (Lipinski definition) is 8. The first kappa shape index (κ1) is 26.0. The third kappa shape index (κ3) is 4.74. The molecule has 12 heteroatoms. The SMILES string of the molecule is CCOC(=O)c1nn(-c2ccccc2F)c(=O)c2c(NC(=O)C3CC(=O)N(c4ccccc4OC)C3)scc12. The molecule has 1 unspecified atom stereocenters. The molecule has 1 aliphatic rings. The van der Waals surface area contributed by atoms with Gasteiger partial charge in [-0.15, -0.1) is 11.3 Å². The Hall–Kier alpha value is -4.58. The molecule has 0 aliphatic carbocycles. The highest BCUT2D eigenvalue weighted by Crippen LogP contribution is 2.35. The van der Waals surface area contributed by atoms with Gasteiger partial charge in [-0.05, 0) is 31.2 Å². The van der Waals surface area contributed by atoms with Crippen LogP contribution in [0.1, 0.15) is 23.8 Å². The fourth-order valence-electron chi connectivity index (χ4n) is 4.46. The van der Waals surface area contributed by atoms with Crippen molar-refractivity contribution in [1.29, 1.82) is 0 Å². The van der Waals surface area contributed by atoms with Crippen LogP contribution in [0.3, 0.4) is 0 Å². The van der Waals surface area contributed by atoms with Gasteiger partial charge in [-0.1, -0.05) is 24.3 Å². The number of halogens is 1. The van der Waals surface area contributed by atoms with Crippen molar-refractivity contribution >= 4 is 50.6 Å². The summed E-state index contributed by atoms with van der Waals surface area (Å²) < 4.78 is 25.9. The van der Waals surface area contributed by atoms with Gasteiger partial charge in [0.25, 0.3) is 5.56 Å². The molecule has 4 aromatic rings. The van der Waals surface area contributed by atoms with E-state index in [1.165, 1.54) is 41.7 Å². The Balaban J connectivity index is 1.51. The second kappa shape index (κ2) is 10.7. The van der Waals surface area contributed by atoms with Gasteiger partial charge in [0.05, 0.1) is 30.7 Å². The zero-order valence-corrected chi connectivity index (χ0v) is 21.8. The standard InChI is InChI=1S/C27H23FN4O6S/c1-3-38-27(36)23-16-14-39-25(22(16)26(35)32(30-23)18-9-5-4-8-17(18)28)29-24(34)15-12-21(33)31(13-15)19-10-6-7-11-20(19)37-2/h4-11,14-15H,3,12-13H2,1-2H3,(H,29,34). The molecule has 1 N–H and O–H groups in total. The van der Waals surface area contributed by atoms with Crippen LogP contribution in [-0.2, 0) is 14.3 Å². The number of amides is 2. The maximum absolute atomic E-state index is 14.6. The predicted octanol–water partition coefficient (Wildman–Crippen LogP) is 3.76. The first-order chi connectivity index (χ1) is 18.8. The Morgan fingerprint density at radius 2 is 1.85 bits per heavy atom. The number of nitrogens with zero attached hydrogens (tertiary/aromatic N) is 3. The number of ether oxygens (including phenoxy) is 2. The number of fused-ring (bicyclic) bond motifs is 1. The van der Waals surface area contributed by atoms with Gasteiger partial charge < -0.3 is 19.7 Å². The molecule has 0 bridgehead atoms. The molecule has 39 heavy (non-hydrogen) atoms. The van der Waals surface area contributed by atoms with Crippen molar-refractivity contribution in [1.82, 2.24) is 9.78 Å². The number of carbonyl (C=O) groups is 3. The number of hydrogen-bond donors (Lipinski definition) is 1. The topological polar surface area (TPSA) is 120 Å². The van der Waals surface area contributed by atoms with Gasteiger partial charge in [-0.25, -0.2) is 9.18 Å². The molecule has 1 aliphatic heterocycles.